The normalized spacial score (nSPS) is 25.2. The van der Waals surface area contributed by atoms with Gasteiger partial charge in [0.05, 0.1) is 24.0 Å². The molecule has 302 valence electrons. The Kier molecular flexibility index (Phi) is 11.0. The number of benzene rings is 3. The highest BCUT2D eigenvalue weighted by Gasteiger charge is 2.61. The van der Waals surface area contributed by atoms with Gasteiger partial charge in [-0.1, -0.05) is 31.2 Å². The van der Waals surface area contributed by atoms with E-state index < -0.39 is 41.9 Å². The number of hydrogen-bond acceptors (Lipinski definition) is 6. The zero-order valence-electron chi connectivity index (χ0n) is 32.7. The number of rotatable bonds is 11. The Labute approximate surface area is 328 Å². The fourth-order valence-electron chi connectivity index (χ4n) is 10.4. The van der Waals surface area contributed by atoms with Gasteiger partial charge in [-0.2, -0.15) is 8.78 Å². The predicted molar refractivity (Wildman–Crippen MR) is 211 cm³/mol. The van der Waals surface area contributed by atoms with Crippen molar-refractivity contribution in [3.8, 4) is 10.6 Å². The predicted octanol–water partition coefficient (Wildman–Crippen LogP) is 11.5. The first-order valence-electron chi connectivity index (χ1n) is 20.0. The Morgan fingerprint density at radius 2 is 1.43 bits per heavy atom. The maximum absolute atomic E-state index is 13.2. The van der Waals surface area contributed by atoms with Gasteiger partial charge in [0.2, 0.25) is 0 Å². The van der Waals surface area contributed by atoms with E-state index in [0.717, 1.165) is 55.4 Å². The largest absolute Gasteiger partial charge is 0.481 e. The van der Waals surface area contributed by atoms with Gasteiger partial charge in [0.25, 0.3) is 0 Å². The van der Waals surface area contributed by atoms with Crippen molar-refractivity contribution in [2.24, 2.45) is 17.3 Å². The first-order valence-corrected chi connectivity index (χ1v) is 21.2. The van der Waals surface area contributed by atoms with Crippen LogP contribution < -0.4 is 4.74 Å². The molecule has 4 aromatic rings. The number of thiophene rings is 1. The molecule has 2 atom stereocenters. The van der Waals surface area contributed by atoms with Crippen molar-refractivity contribution < 1.29 is 46.5 Å². The van der Waals surface area contributed by atoms with Crippen LogP contribution in [0.1, 0.15) is 102 Å². The van der Waals surface area contributed by atoms with Crippen LogP contribution in [0.25, 0.3) is 25.1 Å². The van der Waals surface area contributed by atoms with Crippen molar-refractivity contribution in [1.29, 1.82) is 0 Å². The number of halogens is 4. The lowest BCUT2D eigenvalue weighted by Crippen LogP contribution is -2.58. The summed E-state index contributed by atoms with van der Waals surface area (Å²) in [6.45, 7) is 5.62. The van der Waals surface area contributed by atoms with Crippen LogP contribution >= 0.6 is 10.5 Å². The van der Waals surface area contributed by atoms with Crippen LogP contribution in [0.3, 0.4) is 0 Å². The first kappa shape index (κ1) is 40.5. The summed E-state index contributed by atoms with van der Waals surface area (Å²) in [5.74, 6) is -7.91. The van der Waals surface area contributed by atoms with Crippen molar-refractivity contribution in [1.82, 2.24) is 0 Å². The molecule has 4 bridgehead atoms. The Hall–Kier alpha value is -3.70. The summed E-state index contributed by atoms with van der Waals surface area (Å²) < 4.78 is 71.5. The minimum Gasteiger partial charge on any atom is -0.481 e. The molecule has 0 spiro atoms. The van der Waals surface area contributed by atoms with Crippen LogP contribution in [0.15, 0.2) is 60.7 Å². The quantitative estimate of drug-likeness (QED) is 0.0925. The van der Waals surface area contributed by atoms with Crippen LogP contribution in [-0.2, 0) is 19.1 Å². The van der Waals surface area contributed by atoms with E-state index in [2.05, 4.69) is 81.4 Å². The molecule has 5 aliphatic carbocycles. The Balaban J connectivity index is 0.000000183. The molecule has 11 heteroatoms. The van der Waals surface area contributed by atoms with E-state index in [4.69, 9.17) is 14.2 Å². The average molecular weight is 798 g/mol. The van der Waals surface area contributed by atoms with E-state index in [1.807, 2.05) is 0 Å². The number of carbonyl (C=O) groups is 2. The zero-order valence-corrected chi connectivity index (χ0v) is 33.6. The van der Waals surface area contributed by atoms with Gasteiger partial charge in [-0.3, -0.25) is 4.79 Å². The number of aliphatic hydroxyl groups is 1. The molecule has 5 saturated carbocycles. The van der Waals surface area contributed by atoms with E-state index in [1.54, 1.807) is 0 Å². The molecule has 3 aromatic carbocycles. The van der Waals surface area contributed by atoms with Crippen LogP contribution in [0.2, 0.25) is 0 Å². The van der Waals surface area contributed by atoms with Crippen molar-refractivity contribution in [3.63, 3.8) is 0 Å². The van der Waals surface area contributed by atoms with Crippen LogP contribution in [0.4, 0.5) is 17.6 Å². The second-order valence-electron chi connectivity index (χ2n) is 17.1. The summed E-state index contributed by atoms with van der Waals surface area (Å²) in [6, 6.07) is 21.9. The number of fused-ring (bicyclic) bond motifs is 3. The van der Waals surface area contributed by atoms with Gasteiger partial charge in [0.15, 0.2) is 20.9 Å². The van der Waals surface area contributed by atoms with Gasteiger partial charge >= 0.3 is 23.8 Å². The molecule has 5 aliphatic rings. The topological polar surface area (TPSA) is 82.1 Å². The Bertz CT molecular complexity index is 2010. The molecular formula is C45H53F4O6S+. The number of hydrogen-bond donors (Lipinski definition) is 1. The molecule has 6 nitrogen and oxygen atoms in total. The minimum atomic E-state index is -4.20. The summed E-state index contributed by atoms with van der Waals surface area (Å²) in [5, 5.41) is 13.2. The fourth-order valence-corrected chi connectivity index (χ4v) is 13.0. The third-order valence-corrected chi connectivity index (χ3v) is 15.1. The molecule has 0 saturated heterocycles. The molecular weight excluding hydrogens is 745 g/mol. The highest BCUT2D eigenvalue weighted by molar-refractivity contribution is 7.50. The fraction of sp³-hybridized carbons (Fsp3) is 0.556. The van der Waals surface area contributed by atoms with Crippen LogP contribution in [0.5, 0.6) is 5.75 Å². The van der Waals surface area contributed by atoms with Gasteiger partial charge < -0.3 is 19.3 Å². The summed E-state index contributed by atoms with van der Waals surface area (Å²) in [5.41, 5.74) is 0.155. The summed E-state index contributed by atoms with van der Waals surface area (Å²) in [6.07, 6.45) is 7.72. The molecule has 5 fully saturated rings. The molecule has 9 rings (SSSR count). The lowest BCUT2D eigenvalue weighted by atomic mass is 9.48. The molecule has 1 aromatic heterocycles. The molecule has 1 N–H and O–H groups in total. The van der Waals surface area contributed by atoms with E-state index in [-0.39, 0.29) is 47.4 Å². The summed E-state index contributed by atoms with van der Waals surface area (Å²) in [7, 11) is -0.140. The van der Waals surface area contributed by atoms with Crippen molar-refractivity contribution >= 4 is 42.6 Å². The highest BCUT2D eigenvalue weighted by atomic mass is 32.2. The Morgan fingerprint density at radius 1 is 0.875 bits per heavy atom. The van der Waals surface area contributed by atoms with Crippen molar-refractivity contribution in [2.75, 3.05) is 13.2 Å². The molecule has 0 radical (unpaired) electrons. The standard InChI is InChI=1S/C29H31O3S.C16H22F4O3/c1-4-29(15-9-10-16-29)32-27(30)19-31-28-20(2)17-22(18-21(28)3)33-25-13-7-5-11-23(25)24-12-6-8-14-26(24)33;1-13(17,18)16(19,20)2-3-23-12(21)14-5-10-4-11(6-14)8-15(22,7-10)9-14/h5-8,11-14,17-18H,4,9-10,15-16,19H2,1-3H3;10-11,22H,2-9H2,1H3/q+1;. The number of carbonyl (C=O) groups excluding carboxylic acids is 2. The van der Waals surface area contributed by atoms with E-state index in [0.29, 0.717) is 32.1 Å². The number of ether oxygens (including phenoxy) is 3. The molecule has 56 heavy (non-hydrogen) atoms. The SMILES string of the molecule is CC(F)(F)C(F)(F)CCOC(=O)C12CC3CC(CC(O)(C3)C1)C2.CCC1(OC(=O)COc2c(C)cc(-[s+]3c4ccccc4c4ccccc43)cc2C)CCCC1. The average Bonchev–Trinajstić information content (AvgIpc) is 3.73. The lowest BCUT2D eigenvalue weighted by Gasteiger charge is -2.58. The van der Waals surface area contributed by atoms with Gasteiger partial charge in [-0.05, 0) is 132 Å². The van der Waals surface area contributed by atoms with Gasteiger partial charge in [-0.25, -0.2) is 13.6 Å². The van der Waals surface area contributed by atoms with E-state index in [9.17, 15) is 32.3 Å². The lowest BCUT2D eigenvalue weighted by molar-refractivity contribution is -0.213. The van der Waals surface area contributed by atoms with E-state index >= 15 is 0 Å². The third-order valence-electron chi connectivity index (χ3n) is 12.8. The van der Waals surface area contributed by atoms with E-state index in [1.165, 1.54) is 25.1 Å². The molecule has 0 aliphatic heterocycles. The van der Waals surface area contributed by atoms with Crippen LogP contribution in [-0.4, -0.2) is 53.3 Å². The maximum atomic E-state index is 13.2. The number of alkyl halides is 4. The monoisotopic (exact) mass is 797 g/mol. The van der Waals surface area contributed by atoms with Gasteiger partial charge in [-0.15, -0.1) is 0 Å². The molecule has 2 unspecified atom stereocenters. The smallest absolute Gasteiger partial charge is 0.344 e. The maximum Gasteiger partial charge on any atom is 0.344 e. The van der Waals surface area contributed by atoms with Gasteiger partial charge in [0.1, 0.15) is 11.4 Å². The third kappa shape index (κ3) is 7.91. The molecule has 0 amide bonds. The second kappa shape index (κ2) is 15.2. The van der Waals surface area contributed by atoms with Crippen molar-refractivity contribution in [2.45, 2.75) is 128 Å². The first-order chi connectivity index (χ1) is 26.5. The van der Waals surface area contributed by atoms with Crippen LogP contribution in [0, 0.1) is 31.1 Å². The minimum absolute atomic E-state index is 0.0415. The van der Waals surface area contributed by atoms with Gasteiger partial charge in [0, 0.05) is 40.3 Å². The number of aryl methyl sites for hydroxylation is 2. The Morgan fingerprint density at radius 3 is 1.95 bits per heavy atom. The van der Waals surface area contributed by atoms with Crippen molar-refractivity contribution in [3.05, 3.63) is 71.8 Å². The number of esters is 2. The summed E-state index contributed by atoms with van der Waals surface area (Å²) >= 11 is 0. The highest BCUT2D eigenvalue weighted by Crippen LogP contribution is 2.62. The zero-order chi connectivity index (χ0) is 40.1. The second-order valence-corrected chi connectivity index (χ2v) is 19.1. The molecule has 1 heterocycles. The summed E-state index contributed by atoms with van der Waals surface area (Å²) in [4.78, 5) is 26.3.